The number of sulfonamides is 1. The molecule has 0 aliphatic carbocycles. The van der Waals surface area contributed by atoms with E-state index in [1.54, 1.807) is 25.1 Å². The Hall–Kier alpha value is -2.01. The summed E-state index contributed by atoms with van der Waals surface area (Å²) in [7, 11) is -3.62. The topological polar surface area (TPSA) is 63.4 Å². The number of nitrogens with two attached hydrogens (primary N) is 1. The Bertz CT molecular complexity index is 737. The van der Waals surface area contributed by atoms with E-state index in [-0.39, 0.29) is 4.90 Å². The summed E-state index contributed by atoms with van der Waals surface area (Å²) >= 11 is 0. The van der Waals surface area contributed by atoms with Gasteiger partial charge in [-0.05, 0) is 50.6 Å². The molecule has 21 heavy (non-hydrogen) atoms. The van der Waals surface area contributed by atoms with E-state index in [2.05, 4.69) is 0 Å². The third-order valence-corrected chi connectivity index (χ3v) is 5.55. The molecule has 0 amide bonds. The predicted molar refractivity (Wildman–Crippen MR) is 87.0 cm³/mol. The SMILES string of the molecule is CCN(c1ccc(C)cc1)S(=O)(=O)c1cccc(N)c1C. The summed E-state index contributed by atoms with van der Waals surface area (Å²) in [5.74, 6) is 0. The highest BCUT2D eigenvalue weighted by Crippen LogP contribution is 2.27. The number of aryl methyl sites for hydroxylation is 1. The molecule has 112 valence electrons. The van der Waals surface area contributed by atoms with E-state index in [0.717, 1.165) is 5.56 Å². The van der Waals surface area contributed by atoms with Crippen LogP contribution in [0.2, 0.25) is 0 Å². The van der Waals surface area contributed by atoms with Crippen LogP contribution in [0.4, 0.5) is 11.4 Å². The number of hydrogen-bond donors (Lipinski definition) is 1. The third-order valence-electron chi connectivity index (χ3n) is 3.50. The van der Waals surface area contributed by atoms with Gasteiger partial charge in [0.05, 0.1) is 10.6 Å². The van der Waals surface area contributed by atoms with E-state index < -0.39 is 10.0 Å². The zero-order valence-electron chi connectivity index (χ0n) is 12.5. The van der Waals surface area contributed by atoms with Crippen molar-refractivity contribution in [3.05, 3.63) is 53.6 Å². The van der Waals surface area contributed by atoms with Crippen molar-refractivity contribution in [2.75, 3.05) is 16.6 Å². The third kappa shape index (κ3) is 2.88. The highest BCUT2D eigenvalue weighted by molar-refractivity contribution is 7.92. The van der Waals surface area contributed by atoms with Crippen LogP contribution in [-0.4, -0.2) is 15.0 Å². The summed E-state index contributed by atoms with van der Waals surface area (Å²) in [5.41, 5.74) is 8.65. The van der Waals surface area contributed by atoms with Crippen molar-refractivity contribution in [1.29, 1.82) is 0 Å². The Balaban J connectivity index is 2.55. The Morgan fingerprint density at radius 1 is 1.05 bits per heavy atom. The minimum atomic E-state index is -3.62. The average Bonchev–Trinajstić information content (AvgIpc) is 2.44. The maximum atomic E-state index is 12.9. The maximum Gasteiger partial charge on any atom is 0.264 e. The Labute approximate surface area is 126 Å². The second-order valence-electron chi connectivity index (χ2n) is 4.98. The van der Waals surface area contributed by atoms with Gasteiger partial charge >= 0.3 is 0 Å². The lowest BCUT2D eigenvalue weighted by atomic mass is 10.2. The molecule has 0 saturated carbocycles. The zero-order chi connectivity index (χ0) is 15.6. The van der Waals surface area contributed by atoms with Crippen molar-refractivity contribution in [2.45, 2.75) is 25.7 Å². The summed E-state index contributed by atoms with van der Waals surface area (Å²) in [4.78, 5) is 0.255. The Kier molecular flexibility index (Phi) is 4.23. The van der Waals surface area contributed by atoms with Gasteiger partial charge in [0.25, 0.3) is 10.0 Å². The van der Waals surface area contributed by atoms with E-state index in [9.17, 15) is 8.42 Å². The van der Waals surface area contributed by atoms with Crippen LogP contribution in [-0.2, 0) is 10.0 Å². The molecule has 0 atom stereocenters. The molecule has 2 rings (SSSR count). The molecule has 0 radical (unpaired) electrons. The van der Waals surface area contributed by atoms with Gasteiger partial charge in [-0.25, -0.2) is 8.42 Å². The number of benzene rings is 2. The van der Waals surface area contributed by atoms with Crippen LogP contribution < -0.4 is 10.0 Å². The predicted octanol–water partition coefficient (Wildman–Crippen LogP) is 3.10. The van der Waals surface area contributed by atoms with Crippen molar-refractivity contribution in [1.82, 2.24) is 0 Å². The minimum Gasteiger partial charge on any atom is -0.398 e. The summed E-state index contributed by atoms with van der Waals surface area (Å²) in [6, 6.07) is 12.4. The first-order valence-electron chi connectivity index (χ1n) is 6.82. The van der Waals surface area contributed by atoms with Crippen LogP contribution in [0.25, 0.3) is 0 Å². The van der Waals surface area contributed by atoms with Crippen LogP contribution >= 0.6 is 0 Å². The molecule has 0 aliphatic heterocycles. The molecule has 4 nitrogen and oxygen atoms in total. The van der Waals surface area contributed by atoms with E-state index in [1.165, 1.54) is 4.31 Å². The first kappa shape index (κ1) is 15.4. The van der Waals surface area contributed by atoms with Crippen LogP contribution in [0.1, 0.15) is 18.1 Å². The maximum absolute atomic E-state index is 12.9. The fraction of sp³-hybridized carbons (Fsp3) is 0.250. The lowest BCUT2D eigenvalue weighted by Crippen LogP contribution is -2.31. The highest BCUT2D eigenvalue weighted by Gasteiger charge is 2.25. The van der Waals surface area contributed by atoms with Gasteiger partial charge < -0.3 is 5.73 Å². The van der Waals surface area contributed by atoms with Crippen molar-refractivity contribution in [3.8, 4) is 0 Å². The minimum absolute atomic E-state index is 0.255. The molecule has 0 aliphatic rings. The van der Waals surface area contributed by atoms with Gasteiger partial charge in [-0.15, -0.1) is 0 Å². The van der Waals surface area contributed by atoms with E-state index in [1.807, 2.05) is 38.1 Å². The molecule has 0 spiro atoms. The molecule has 5 heteroatoms. The van der Waals surface area contributed by atoms with Crippen molar-refractivity contribution in [2.24, 2.45) is 0 Å². The summed E-state index contributed by atoms with van der Waals surface area (Å²) in [5, 5.41) is 0. The van der Waals surface area contributed by atoms with Gasteiger partial charge in [-0.1, -0.05) is 23.8 Å². The smallest absolute Gasteiger partial charge is 0.264 e. The summed E-state index contributed by atoms with van der Waals surface area (Å²) in [6.07, 6.45) is 0. The van der Waals surface area contributed by atoms with Gasteiger partial charge in [0.1, 0.15) is 0 Å². The molecule has 0 saturated heterocycles. The summed E-state index contributed by atoms with van der Waals surface area (Å²) < 4.78 is 27.2. The van der Waals surface area contributed by atoms with Crippen molar-refractivity contribution in [3.63, 3.8) is 0 Å². The second-order valence-corrected chi connectivity index (χ2v) is 6.81. The first-order chi connectivity index (χ1) is 9.87. The fourth-order valence-corrected chi connectivity index (χ4v) is 3.96. The van der Waals surface area contributed by atoms with Gasteiger partial charge in [-0.3, -0.25) is 4.31 Å². The molecule has 0 heterocycles. The van der Waals surface area contributed by atoms with Crippen molar-refractivity contribution >= 4 is 21.4 Å². The highest BCUT2D eigenvalue weighted by atomic mass is 32.2. The number of nitrogen functional groups attached to an aromatic ring is 1. The van der Waals surface area contributed by atoms with E-state index in [0.29, 0.717) is 23.5 Å². The quantitative estimate of drug-likeness (QED) is 0.883. The Morgan fingerprint density at radius 2 is 1.67 bits per heavy atom. The second kappa shape index (κ2) is 5.77. The number of rotatable bonds is 4. The lowest BCUT2D eigenvalue weighted by Gasteiger charge is -2.24. The van der Waals surface area contributed by atoms with E-state index in [4.69, 9.17) is 5.73 Å². The van der Waals surface area contributed by atoms with E-state index >= 15 is 0 Å². The van der Waals surface area contributed by atoms with Gasteiger partial charge in [0.15, 0.2) is 0 Å². The average molecular weight is 304 g/mol. The zero-order valence-corrected chi connectivity index (χ0v) is 13.3. The lowest BCUT2D eigenvalue weighted by molar-refractivity contribution is 0.591. The monoisotopic (exact) mass is 304 g/mol. The van der Waals surface area contributed by atoms with Crippen molar-refractivity contribution < 1.29 is 8.42 Å². The number of hydrogen-bond acceptors (Lipinski definition) is 3. The normalized spacial score (nSPS) is 11.4. The van der Waals surface area contributed by atoms with Gasteiger partial charge in [0.2, 0.25) is 0 Å². The molecule has 0 bridgehead atoms. The molecule has 0 aromatic heterocycles. The Morgan fingerprint density at radius 3 is 2.24 bits per heavy atom. The first-order valence-corrected chi connectivity index (χ1v) is 8.26. The standard InChI is InChI=1S/C16H20N2O2S/c1-4-18(14-10-8-12(2)9-11-14)21(19,20)16-7-5-6-15(17)13(16)3/h5-11H,4,17H2,1-3H3. The van der Waals surface area contributed by atoms with Crippen LogP contribution in [0.5, 0.6) is 0 Å². The van der Waals surface area contributed by atoms with Gasteiger partial charge in [-0.2, -0.15) is 0 Å². The molecule has 2 N–H and O–H groups in total. The molecular formula is C16H20N2O2S. The summed E-state index contributed by atoms with van der Waals surface area (Å²) in [6.45, 7) is 5.88. The largest absolute Gasteiger partial charge is 0.398 e. The van der Waals surface area contributed by atoms with Crippen LogP contribution in [0.15, 0.2) is 47.4 Å². The molecule has 0 unspecified atom stereocenters. The fourth-order valence-electron chi connectivity index (χ4n) is 2.23. The number of nitrogens with zero attached hydrogens (tertiary/aromatic N) is 1. The molecule has 0 fully saturated rings. The molecular weight excluding hydrogens is 284 g/mol. The van der Waals surface area contributed by atoms with Gasteiger partial charge in [0, 0.05) is 12.2 Å². The van der Waals surface area contributed by atoms with Crippen LogP contribution in [0, 0.1) is 13.8 Å². The molecule has 2 aromatic carbocycles. The number of anilines is 2. The van der Waals surface area contributed by atoms with Crippen LogP contribution in [0.3, 0.4) is 0 Å². The molecule has 2 aromatic rings.